The van der Waals surface area contributed by atoms with Crippen molar-refractivity contribution in [3.63, 3.8) is 0 Å². The fraction of sp³-hybridized carbons (Fsp3) is 0.333. The van der Waals surface area contributed by atoms with Gasteiger partial charge in [0, 0.05) is 31.2 Å². The highest BCUT2D eigenvalue weighted by Crippen LogP contribution is 2.34. The summed E-state index contributed by atoms with van der Waals surface area (Å²) in [5.41, 5.74) is 2.41. The van der Waals surface area contributed by atoms with Crippen LogP contribution in [0.5, 0.6) is 0 Å². The second-order valence-corrected chi connectivity index (χ2v) is 13.3. The molecule has 1 unspecified atom stereocenters. The lowest BCUT2D eigenvalue weighted by Gasteiger charge is -2.25. The number of aromatic nitrogens is 4. The molecule has 0 spiro atoms. The average molecular weight is 665 g/mol. The topological polar surface area (TPSA) is 129 Å². The van der Waals surface area contributed by atoms with Gasteiger partial charge in [-0.2, -0.15) is 5.10 Å². The van der Waals surface area contributed by atoms with E-state index in [9.17, 15) is 19.1 Å². The molecular weight excluding hydrogens is 635 g/mol. The first-order valence-corrected chi connectivity index (χ1v) is 15.6. The number of thioether (sulfide) groups is 1. The molecule has 16 heteroatoms. The van der Waals surface area contributed by atoms with Gasteiger partial charge < -0.3 is 25.5 Å². The highest BCUT2D eigenvalue weighted by Gasteiger charge is 2.21. The number of likely N-dealkylation sites (N-methyl/N-ethyl adjacent to an activating group) is 2. The summed E-state index contributed by atoms with van der Waals surface area (Å²) in [5.74, 6) is -1.40. The summed E-state index contributed by atoms with van der Waals surface area (Å²) in [6.45, 7) is 3.06. The van der Waals surface area contributed by atoms with Crippen LogP contribution in [0.2, 0.25) is 5.02 Å². The molecule has 4 rings (SSSR count). The normalized spacial score (nSPS) is 12.0. The smallest absolute Gasteiger partial charge is 0.317 e. The summed E-state index contributed by atoms with van der Waals surface area (Å²) in [6.07, 6.45) is 1.85. The molecule has 4 aromatic rings. The molecule has 1 atom stereocenters. The third kappa shape index (κ3) is 8.38. The Morgan fingerprint density at radius 1 is 1.21 bits per heavy atom. The molecule has 0 saturated heterocycles. The summed E-state index contributed by atoms with van der Waals surface area (Å²) in [7, 11) is 5.88. The van der Waals surface area contributed by atoms with Gasteiger partial charge in [0.2, 0.25) is 5.91 Å². The number of nitrogens with zero attached hydrogens (tertiary/aromatic N) is 6. The van der Waals surface area contributed by atoms with Crippen LogP contribution in [0.4, 0.5) is 27.3 Å². The Bertz CT molecular complexity index is 1700. The van der Waals surface area contributed by atoms with Gasteiger partial charge in [0.05, 0.1) is 21.9 Å². The zero-order valence-corrected chi connectivity index (χ0v) is 27.0. The van der Waals surface area contributed by atoms with E-state index in [-0.39, 0.29) is 17.5 Å². The van der Waals surface area contributed by atoms with Crippen LogP contribution in [-0.2, 0) is 16.1 Å². The predicted octanol–water partition coefficient (Wildman–Crippen LogP) is 5.75. The first-order chi connectivity index (χ1) is 20.4. The van der Waals surface area contributed by atoms with Crippen molar-refractivity contribution >= 4 is 92.6 Å². The fourth-order valence-electron chi connectivity index (χ4n) is 3.98. The summed E-state index contributed by atoms with van der Waals surface area (Å²) < 4.78 is 15.9. The average Bonchev–Trinajstić information content (AvgIpc) is 3.30. The molecule has 11 nitrogen and oxygen atoms in total. The number of carbonyl (C=O) groups is 2. The van der Waals surface area contributed by atoms with E-state index in [1.54, 1.807) is 19.1 Å². The number of hydrogen-bond acceptors (Lipinski definition) is 11. The maximum atomic E-state index is 13.7. The number of carbonyl (C=O) groups excluding carboxylic acids is 1. The minimum atomic E-state index is -0.930. The van der Waals surface area contributed by atoms with Crippen molar-refractivity contribution in [1.29, 1.82) is 0 Å². The Balaban J connectivity index is 1.65. The number of halogens is 2. The Kier molecular flexibility index (Phi) is 10.9. The van der Waals surface area contributed by atoms with Gasteiger partial charge in [-0.3, -0.25) is 9.59 Å². The lowest BCUT2D eigenvalue weighted by atomic mass is 10.1. The lowest BCUT2D eigenvalue weighted by Crippen LogP contribution is -2.29. The van der Waals surface area contributed by atoms with E-state index in [0.29, 0.717) is 49.4 Å². The van der Waals surface area contributed by atoms with Crippen molar-refractivity contribution in [2.75, 3.05) is 49.8 Å². The van der Waals surface area contributed by atoms with E-state index in [1.165, 1.54) is 23.1 Å². The molecule has 0 bridgehead atoms. The molecule has 3 N–H and O–H groups in total. The lowest BCUT2D eigenvalue weighted by molar-refractivity contribution is -0.136. The van der Waals surface area contributed by atoms with Crippen molar-refractivity contribution in [1.82, 2.24) is 24.6 Å². The number of carboxylic acid groups (broad SMARTS) is 1. The van der Waals surface area contributed by atoms with E-state index >= 15 is 0 Å². The van der Waals surface area contributed by atoms with Crippen molar-refractivity contribution in [3.8, 4) is 0 Å². The zero-order chi connectivity index (χ0) is 31.3. The third-order valence-corrected chi connectivity index (χ3v) is 9.31. The molecular formula is C27H30ClFN8O3S3. The fourth-order valence-corrected chi connectivity index (χ4v) is 6.59. The molecule has 228 valence electrons. The molecule has 0 aliphatic carbocycles. The summed E-state index contributed by atoms with van der Waals surface area (Å²) in [5, 5.41) is 19.8. The molecule has 0 aliphatic rings. The van der Waals surface area contributed by atoms with Crippen LogP contribution in [0.1, 0.15) is 13.3 Å². The van der Waals surface area contributed by atoms with Crippen LogP contribution in [0.25, 0.3) is 10.9 Å². The summed E-state index contributed by atoms with van der Waals surface area (Å²) >= 11 is 13.6. The number of rotatable bonds is 13. The van der Waals surface area contributed by atoms with Gasteiger partial charge in [-0.25, -0.2) is 19.0 Å². The van der Waals surface area contributed by atoms with Gasteiger partial charge in [-0.1, -0.05) is 41.6 Å². The van der Waals surface area contributed by atoms with Crippen molar-refractivity contribution in [2.45, 2.75) is 29.5 Å². The van der Waals surface area contributed by atoms with E-state index in [1.807, 2.05) is 32.1 Å². The van der Waals surface area contributed by atoms with Gasteiger partial charge in [0.1, 0.15) is 29.8 Å². The highest BCUT2D eigenvalue weighted by molar-refractivity contribution is 8.02. The van der Waals surface area contributed by atoms with Crippen molar-refractivity contribution < 1.29 is 19.1 Å². The Morgan fingerprint density at radius 2 is 1.98 bits per heavy atom. The molecule has 2 heterocycles. The first kappa shape index (κ1) is 32.5. The molecule has 43 heavy (non-hydrogen) atoms. The number of aliphatic carboxylic acids is 1. The molecule has 0 radical (unpaired) electrons. The van der Waals surface area contributed by atoms with Crippen LogP contribution >= 0.6 is 46.9 Å². The molecule has 2 aromatic heterocycles. The van der Waals surface area contributed by atoms with Crippen LogP contribution in [0.15, 0.2) is 41.0 Å². The van der Waals surface area contributed by atoms with Crippen LogP contribution in [0.3, 0.4) is 0 Å². The molecule has 2 aromatic carbocycles. The quantitative estimate of drug-likeness (QED) is 0.119. The number of anilines is 4. The highest BCUT2D eigenvalue weighted by atomic mass is 35.5. The minimum Gasteiger partial charge on any atom is -0.480 e. The van der Waals surface area contributed by atoms with Crippen molar-refractivity contribution in [3.05, 3.63) is 51.5 Å². The van der Waals surface area contributed by atoms with Gasteiger partial charge in [-0.05, 0) is 63.1 Å². The van der Waals surface area contributed by atoms with E-state index in [4.69, 9.17) is 23.8 Å². The number of benzene rings is 2. The van der Waals surface area contributed by atoms with E-state index in [2.05, 4.69) is 30.6 Å². The molecule has 0 saturated carbocycles. The predicted molar refractivity (Wildman–Crippen MR) is 173 cm³/mol. The van der Waals surface area contributed by atoms with Crippen LogP contribution in [0, 0.1) is 9.77 Å². The maximum absolute atomic E-state index is 13.7. The van der Waals surface area contributed by atoms with E-state index in [0.717, 1.165) is 35.3 Å². The SMILES string of the molecule is CCC(Sc1nn(CC(=O)Nc2cc3c(Nc4ccc(F)c(Cl)c4)ncnc3cc2N(C)CCN(C)C)c(=S)s1)C(=O)O. The number of hydrogen-bond donors (Lipinski definition) is 3. The number of fused-ring (bicyclic) bond motifs is 1. The Hall–Kier alpha value is -3.37. The van der Waals surface area contributed by atoms with Crippen LogP contribution < -0.4 is 15.5 Å². The second-order valence-electron chi connectivity index (χ2n) is 9.78. The third-order valence-electron chi connectivity index (χ3n) is 6.27. The van der Waals surface area contributed by atoms with E-state index < -0.39 is 17.0 Å². The molecule has 1 amide bonds. The Labute approximate surface area is 266 Å². The Morgan fingerprint density at radius 3 is 2.65 bits per heavy atom. The number of carboxylic acids is 1. The first-order valence-electron chi connectivity index (χ1n) is 13.1. The number of amides is 1. The van der Waals surface area contributed by atoms with Gasteiger partial charge in [-0.15, -0.1) is 0 Å². The van der Waals surface area contributed by atoms with Crippen molar-refractivity contribution in [2.24, 2.45) is 0 Å². The van der Waals surface area contributed by atoms with Crippen LogP contribution in [-0.4, -0.2) is 81.1 Å². The summed E-state index contributed by atoms with van der Waals surface area (Å²) in [6, 6.07) is 7.91. The maximum Gasteiger partial charge on any atom is 0.317 e. The van der Waals surface area contributed by atoms with Gasteiger partial charge in [0.25, 0.3) is 0 Å². The standard InChI is InChI=1S/C27H30ClFN8O3S3/c1-5-22(25(39)40)42-26-34-37(27(41)43-26)13-23(38)33-20-11-16-19(12-21(20)36(4)9-8-35(2)3)30-14-31-24(16)32-15-6-7-18(29)17(28)10-15/h6-7,10-12,14,22H,5,8-9,13H2,1-4H3,(H,33,38)(H,39,40)(H,30,31,32). The summed E-state index contributed by atoms with van der Waals surface area (Å²) in [4.78, 5) is 37.6. The molecule has 0 aliphatic heterocycles. The zero-order valence-electron chi connectivity index (χ0n) is 23.8. The monoisotopic (exact) mass is 664 g/mol. The van der Waals surface area contributed by atoms with Gasteiger partial charge >= 0.3 is 5.97 Å². The van der Waals surface area contributed by atoms with Gasteiger partial charge in [0.15, 0.2) is 8.29 Å². The molecule has 0 fully saturated rings. The largest absolute Gasteiger partial charge is 0.480 e. The number of nitrogens with one attached hydrogen (secondary N) is 2. The second kappa shape index (κ2) is 14.4. The minimum absolute atomic E-state index is 0.0310.